The Labute approximate surface area is 151 Å². The minimum absolute atomic E-state index is 0.0416. The highest BCUT2D eigenvalue weighted by molar-refractivity contribution is 5.92. The Hall–Kier alpha value is -2.71. The lowest BCUT2D eigenvalue weighted by Gasteiger charge is -2.23. The van der Waals surface area contributed by atoms with Crippen molar-refractivity contribution in [2.75, 3.05) is 38.3 Å². The van der Waals surface area contributed by atoms with Crippen LogP contribution in [0.2, 0.25) is 0 Å². The molecular formula is C18H21N3O5. The summed E-state index contributed by atoms with van der Waals surface area (Å²) < 4.78 is 16.3. The Morgan fingerprint density at radius 2 is 2.27 bits per heavy atom. The van der Waals surface area contributed by atoms with Gasteiger partial charge < -0.3 is 24.6 Å². The molecule has 1 aliphatic heterocycles. The molecule has 3 rings (SSSR count). The normalized spacial score (nSPS) is 16.9. The molecule has 2 heterocycles. The average molecular weight is 359 g/mol. The Bertz CT molecular complexity index is 762. The molecule has 1 aliphatic rings. The van der Waals surface area contributed by atoms with Gasteiger partial charge in [0.05, 0.1) is 38.2 Å². The number of carboxylic acid groups (broad SMARTS) is 1. The maximum absolute atomic E-state index is 11.5. The van der Waals surface area contributed by atoms with E-state index in [2.05, 4.69) is 15.3 Å². The van der Waals surface area contributed by atoms with E-state index < -0.39 is 5.97 Å². The summed E-state index contributed by atoms with van der Waals surface area (Å²) >= 11 is 0. The summed E-state index contributed by atoms with van der Waals surface area (Å²) in [6.07, 6.45) is 1.58. The molecule has 1 fully saturated rings. The largest absolute Gasteiger partial charge is 0.493 e. The molecule has 2 N–H and O–H groups in total. The molecule has 1 unspecified atom stereocenters. The van der Waals surface area contributed by atoms with Crippen molar-refractivity contribution in [3.8, 4) is 17.0 Å². The van der Waals surface area contributed by atoms with Gasteiger partial charge in [-0.1, -0.05) is 0 Å². The van der Waals surface area contributed by atoms with Crippen LogP contribution in [-0.2, 0) is 9.47 Å². The molecule has 8 heteroatoms. The average Bonchev–Trinajstić information content (AvgIpc) is 2.68. The van der Waals surface area contributed by atoms with E-state index in [-0.39, 0.29) is 11.7 Å². The topological polar surface area (TPSA) is 103 Å². The SMILES string of the molecule is CCOc1ccc(-c2ccnc(NCC3COCCO3)n2)cc1C(=O)O. The first-order valence-corrected chi connectivity index (χ1v) is 8.44. The van der Waals surface area contributed by atoms with E-state index in [0.717, 1.165) is 0 Å². The first kappa shape index (κ1) is 18.1. The maximum atomic E-state index is 11.5. The number of hydrogen-bond donors (Lipinski definition) is 2. The summed E-state index contributed by atoms with van der Waals surface area (Å²) in [6.45, 7) is 4.47. The number of ether oxygens (including phenoxy) is 3. The second-order valence-corrected chi connectivity index (χ2v) is 5.66. The zero-order valence-corrected chi connectivity index (χ0v) is 14.5. The van der Waals surface area contributed by atoms with Crippen molar-refractivity contribution in [3.05, 3.63) is 36.0 Å². The monoisotopic (exact) mass is 359 g/mol. The van der Waals surface area contributed by atoms with Gasteiger partial charge in [-0.15, -0.1) is 0 Å². The van der Waals surface area contributed by atoms with Crippen LogP contribution in [0.15, 0.2) is 30.5 Å². The van der Waals surface area contributed by atoms with E-state index in [9.17, 15) is 9.90 Å². The molecule has 0 bridgehead atoms. The first-order valence-electron chi connectivity index (χ1n) is 8.44. The highest BCUT2D eigenvalue weighted by Gasteiger charge is 2.16. The van der Waals surface area contributed by atoms with Crippen molar-refractivity contribution in [2.45, 2.75) is 13.0 Å². The van der Waals surface area contributed by atoms with Gasteiger partial charge in [-0.3, -0.25) is 0 Å². The minimum Gasteiger partial charge on any atom is -0.493 e. The lowest BCUT2D eigenvalue weighted by atomic mass is 10.1. The van der Waals surface area contributed by atoms with Gasteiger partial charge in [0.15, 0.2) is 0 Å². The fourth-order valence-corrected chi connectivity index (χ4v) is 2.60. The molecule has 0 spiro atoms. The number of hydrogen-bond acceptors (Lipinski definition) is 7. The fourth-order valence-electron chi connectivity index (χ4n) is 2.60. The Balaban J connectivity index is 1.76. The summed E-state index contributed by atoms with van der Waals surface area (Å²) in [5.74, 6) is -0.259. The fraction of sp³-hybridized carbons (Fsp3) is 0.389. The number of carbonyl (C=O) groups is 1. The molecule has 138 valence electrons. The molecule has 0 radical (unpaired) electrons. The molecule has 0 aliphatic carbocycles. The molecule has 1 aromatic carbocycles. The number of nitrogens with one attached hydrogen (secondary N) is 1. The number of aromatic nitrogens is 2. The van der Waals surface area contributed by atoms with E-state index in [1.165, 1.54) is 0 Å². The van der Waals surface area contributed by atoms with Crippen LogP contribution in [-0.4, -0.2) is 60.1 Å². The standard InChI is InChI=1S/C18H21N3O5/c1-2-25-16-4-3-12(9-14(16)17(22)23)15-5-6-19-18(21-15)20-10-13-11-24-7-8-26-13/h3-6,9,13H,2,7-8,10-11H2,1H3,(H,22,23)(H,19,20,21). The molecule has 2 aromatic rings. The van der Waals surface area contributed by atoms with Crippen molar-refractivity contribution in [3.63, 3.8) is 0 Å². The van der Waals surface area contributed by atoms with Gasteiger partial charge in [0.25, 0.3) is 0 Å². The summed E-state index contributed by atoms with van der Waals surface area (Å²) in [5.41, 5.74) is 1.40. The van der Waals surface area contributed by atoms with Gasteiger partial charge >= 0.3 is 5.97 Å². The Morgan fingerprint density at radius 3 is 3.00 bits per heavy atom. The van der Waals surface area contributed by atoms with Crippen LogP contribution < -0.4 is 10.1 Å². The molecule has 0 amide bonds. The molecule has 1 aromatic heterocycles. The maximum Gasteiger partial charge on any atom is 0.339 e. The summed E-state index contributed by atoms with van der Waals surface area (Å²) in [4.78, 5) is 20.1. The summed E-state index contributed by atoms with van der Waals surface area (Å²) in [5, 5.41) is 12.5. The highest BCUT2D eigenvalue weighted by Crippen LogP contribution is 2.26. The van der Waals surface area contributed by atoms with Crippen LogP contribution in [0.25, 0.3) is 11.3 Å². The molecule has 1 atom stereocenters. The van der Waals surface area contributed by atoms with E-state index in [1.54, 1.807) is 30.5 Å². The van der Waals surface area contributed by atoms with E-state index in [1.807, 2.05) is 6.92 Å². The van der Waals surface area contributed by atoms with Gasteiger partial charge in [-0.2, -0.15) is 0 Å². The van der Waals surface area contributed by atoms with Crippen molar-refractivity contribution in [1.82, 2.24) is 9.97 Å². The summed E-state index contributed by atoms with van der Waals surface area (Å²) in [6, 6.07) is 6.70. The van der Waals surface area contributed by atoms with Crippen molar-refractivity contribution >= 4 is 11.9 Å². The number of carboxylic acids is 1. The van der Waals surface area contributed by atoms with Crippen LogP contribution in [0, 0.1) is 0 Å². The smallest absolute Gasteiger partial charge is 0.339 e. The van der Waals surface area contributed by atoms with Crippen molar-refractivity contribution < 1.29 is 24.1 Å². The van der Waals surface area contributed by atoms with Gasteiger partial charge in [-0.25, -0.2) is 14.8 Å². The summed E-state index contributed by atoms with van der Waals surface area (Å²) in [7, 11) is 0. The van der Waals surface area contributed by atoms with E-state index in [0.29, 0.717) is 55.9 Å². The van der Waals surface area contributed by atoms with Gasteiger partial charge in [0.1, 0.15) is 11.3 Å². The van der Waals surface area contributed by atoms with E-state index in [4.69, 9.17) is 14.2 Å². The number of benzene rings is 1. The lowest BCUT2D eigenvalue weighted by Crippen LogP contribution is -2.34. The quantitative estimate of drug-likeness (QED) is 0.774. The lowest BCUT2D eigenvalue weighted by molar-refractivity contribution is -0.0819. The third-order valence-electron chi connectivity index (χ3n) is 3.83. The zero-order chi connectivity index (χ0) is 18.4. The molecule has 8 nitrogen and oxygen atoms in total. The highest BCUT2D eigenvalue weighted by atomic mass is 16.6. The van der Waals surface area contributed by atoms with Crippen LogP contribution in [0.4, 0.5) is 5.95 Å². The van der Waals surface area contributed by atoms with Crippen LogP contribution in [0.5, 0.6) is 5.75 Å². The van der Waals surface area contributed by atoms with Crippen LogP contribution >= 0.6 is 0 Å². The van der Waals surface area contributed by atoms with Gasteiger partial charge in [0.2, 0.25) is 5.95 Å². The van der Waals surface area contributed by atoms with Gasteiger partial charge in [-0.05, 0) is 31.2 Å². The third kappa shape index (κ3) is 4.47. The van der Waals surface area contributed by atoms with E-state index >= 15 is 0 Å². The van der Waals surface area contributed by atoms with Crippen molar-refractivity contribution in [1.29, 1.82) is 0 Å². The number of rotatable bonds is 7. The Kier molecular flexibility index (Phi) is 5.98. The van der Waals surface area contributed by atoms with Crippen LogP contribution in [0.3, 0.4) is 0 Å². The predicted molar refractivity (Wildman–Crippen MR) is 94.6 cm³/mol. The predicted octanol–water partition coefficient (Wildman–Crippen LogP) is 2.07. The molecule has 0 saturated carbocycles. The second kappa shape index (κ2) is 8.59. The molecular weight excluding hydrogens is 338 g/mol. The zero-order valence-electron chi connectivity index (χ0n) is 14.5. The third-order valence-corrected chi connectivity index (χ3v) is 3.83. The first-order chi connectivity index (χ1) is 12.7. The number of anilines is 1. The van der Waals surface area contributed by atoms with Crippen molar-refractivity contribution in [2.24, 2.45) is 0 Å². The molecule has 26 heavy (non-hydrogen) atoms. The molecule has 1 saturated heterocycles. The second-order valence-electron chi connectivity index (χ2n) is 5.66. The van der Waals surface area contributed by atoms with Crippen LogP contribution in [0.1, 0.15) is 17.3 Å². The minimum atomic E-state index is -1.04. The van der Waals surface area contributed by atoms with Gasteiger partial charge in [0, 0.05) is 18.3 Å². The number of aromatic carboxylic acids is 1. The number of nitrogens with zero attached hydrogens (tertiary/aromatic N) is 2. The Morgan fingerprint density at radius 1 is 1.38 bits per heavy atom.